The van der Waals surface area contributed by atoms with E-state index in [0.717, 1.165) is 0 Å². The van der Waals surface area contributed by atoms with Crippen LogP contribution in [0.3, 0.4) is 0 Å². The molecule has 0 fully saturated rings. The summed E-state index contributed by atoms with van der Waals surface area (Å²) in [7, 11) is 0. The van der Waals surface area contributed by atoms with Crippen molar-refractivity contribution in [1.29, 1.82) is 0 Å². The van der Waals surface area contributed by atoms with Crippen molar-refractivity contribution in [2.24, 2.45) is 5.41 Å². The van der Waals surface area contributed by atoms with Crippen LogP contribution in [0, 0.1) is 5.41 Å². The van der Waals surface area contributed by atoms with Crippen LogP contribution in [-0.2, 0) is 19.1 Å². The number of nitrogens with one attached hydrogen (secondary N) is 1. The van der Waals surface area contributed by atoms with Gasteiger partial charge in [0.15, 0.2) is 0 Å². The second-order valence-electron chi connectivity index (χ2n) is 5.85. The molecule has 20 heavy (non-hydrogen) atoms. The number of carbonyl (C=O) groups is 3. The Kier molecular flexibility index (Phi) is 7.24. The van der Waals surface area contributed by atoms with E-state index in [4.69, 9.17) is 4.74 Å². The molecule has 0 saturated heterocycles. The molecular weight excluding hydrogens is 260 g/mol. The van der Waals surface area contributed by atoms with E-state index in [2.05, 4.69) is 5.32 Å². The first-order valence-electron chi connectivity index (χ1n) is 6.83. The van der Waals surface area contributed by atoms with Crippen molar-refractivity contribution in [3.05, 3.63) is 0 Å². The normalized spacial score (nSPS) is 11.2. The minimum Gasteiger partial charge on any atom is -0.465 e. The van der Waals surface area contributed by atoms with Gasteiger partial charge in [-0.15, -0.1) is 0 Å². The van der Waals surface area contributed by atoms with Gasteiger partial charge in [0.1, 0.15) is 6.54 Å². The third-order valence-corrected chi connectivity index (χ3v) is 2.63. The fourth-order valence-electron chi connectivity index (χ4n) is 1.43. The number of nitrogens with zero attached hydrogens (tertiary/aromatic N) is 1. The van der Waals surface area contributed by atoms with E-state index in [0.29, 0.717) is 0 Å². The van der Waals surface area contributed by atoms with Gasteiger partial charge in [-0.3, -0.25) is 14.4 Å². The molecule has 1 N–H and O–H groups in total. The number of carbonyl (C=O) groups excluding carboxylic acids is 3. The Morgan fingerprint density at radius 3 is 2.15 bits per heavy atom. The lowest BCUT2D eigenvalue weighted by molar-refractivity contribution is -0.150. The van der Waals surface area contributed by atoms with Crippen molar-refractivity contribution in [2.45, 2.75) is 47.6 Å². The van der Waals surface area contributed by atoms with E-state index in [9.17, 15) is 14.4 Å². The third kappa shape index (κ3) is 6.54. The van der Waals surface area contributed by atoms with Gasteiger partial charge in [0.05, 0.1) is 13.2 Å². The van der Waals surface area contributed by atoms with Gasteiger partial charge >= 0.3 is 5.97 Å². The quantitative estimate of drug-likeness (QED) is 0.738. The third-order valence-electron chi connectivity index (χ3n) is 2.63. The molecule has 116 valence electrons. The molecule has 0 aliphatic carbocycles. The zero-order chi connectivity index (χ0) is 15.9. The molecule has 6 nitrogen and oxygen atoms in total. The number of esters is 1. The van der Waals surface area contributed by atoms with Gasteiger partial charge in [0.2, 0.25) is 11.8 Å². The van der Waals surface area contributed by atoms with Crippen LogP contribution < -0.4 is 5.32 Å². The molecule has 2 amide bonds. The zero-order valence-electron chi connectivity index (χ0n) is 13.3. The number of hydrogen-bond donors (Lipinski definition) is 1. The van der Waals surface area contributed by atoms with E-state index in [1.54, 1.807) is 27.7 Å². The van der Waals surface area contributed by atoms with E-state index in [1.165, 1.54) is 4.90 Å². The van der Waals surface area contributed by atoms with Gasteiger partial charge in [-0.25, -0.2) is 0 Å². The SMILES string of the molecule is CCOC(=O)CN(C(=O)CNC(=O)C(C)(C)C)C(C)C. The summed E-state index contributed by atoms with van der Waals surface area (Å²) in [5, 5.41) is 2.58. The molecule has 0 aromatic carbocycles. The van der Waals surface area contributed by atoms with Gasteiger partial charge < -0.3 is 15.0 Å². The highest BCUT2D eigenvalue weighted by Crippen LogP contribution is 2.12. The van der Waals surface area contributed by atoms with Crippen LogP contribution in [0.25, 0.3) is 0 Å². The maximum Gasteiger partial charge on any atom is 0.325 e. The Bertz CT molecular complexity index is 359. The predicted molar refractivity (Wildman–Crippen MR) is 75.9 cm³/mol. The molecule has 0 aliphatic rings. The molecule has 0 heterocycles. The van der Waals surface area contributed by atoms with Gasteiger partial charge in [-0.1, -0.05) is 20.8 Å². The lowest BCUT2D eigenvalue weighted by Crippen LogP contribution is -2.47. The van der Waals surface area contributed by atoms with Crippen LogP contribution in [0.15, 0.2) is 0 Å². The van der Waals surface area contributed by atoms with Gasteiger partial charge in [-0.2, -0.15) is 0 Å². The average Bonchev–Trinajstić information content (AvgIpc) is 2.31. The van der Waals surface area contributed by atoms with E-state index in [1.807, 2.05) is 13.8 Å². The fourth-order valence-corrected chi connectivity index (χ4v) is 1.43. The summed E-state index contributed by atoms with van der Waals surface area (Å²) in [6, 6.07) is -0.140. The molecular formula is C14H26N2O4. The summed E-state index contributed by atoms with van der Waals surface area (Å²) in [5.74, 6) is -0.951. The molecule has 0 aromatic rings. The van der Waals surface area contributed by atoms with Crippen molar-refractivity contribution in [3.8, 4) is 0 Å². The number of ether oxygens (including phenoxy) is 1. The predicted octanol–water partition coefficient (Wildman–Crippen LogP) is 0.949. The molecule has 0 rings (SSSR count). The van der Waals surface area contributed by atoms with Gasteiger partial charge in [-0.05, 0) is 20.8 Å². The first-order chi connectivity index (χ1) is 9.09. The van der Waals surface area contributed by atoms with Crippen molar-refractivity contribution >= 4 is 17.8 Å². The molecule has 0 bridgehead atoms. The van der Waals surface area contributed by atoms with E-state index >= 15 is 0 Å². The lowest BCUT2D eigenvalue weighted by Gasteiger charge is -2.26. The minimum absolute atomic E-state index is 0.101. The fraction of sp³-hybridized carbons (Fsp3) is 0.786. The second-order valence-corrected chi connectivity index (χ2v) is 5.85. The summed E-state index contributed by atoms with van der Waals surface area (Å²) < 4.78 is 4.83. The molecule has 0 saturated carbocycles. The van der Waals surface area contributed by atoms with Crippen molar-refractivity contribution in [3.63, 3.8) is 0 Å². The molecule has 0 aliphatic heterocycles. The summed E-state index contributed by atoms with van der Waals surface area (Å²) in [5.41, 5.74) is -0.552. The summed E-state index contributed by atoms with van der Waals surface area (Å²) in [6.45, 7) is 10.7. The molecule has 0 spiro atoms. The van der Waals surface area contributed by atoms with Crippen LogP contribution in [-0.4, -0.2) is 48.4 Å². The molecule has 6 heteroatoms. The maximum atomic E-state index is 12.1. The van der Waals surface area contributed by atoms with Crippen LogP contribution in [0.4, 0.5) is 0 Å². The number of rotatable bonds is 6. The highest BCUT2D eigenvalue weighted by atomic mass is 16.5. The van der Waals surface area contributed by atoms with Gasteiger partial charge in [0, 0.05) is 11.5 Å². The van der Waals surface area contributed by atoms with Crippen molar-refractivity contribution in [1.82, 2.24) is 10.2 Å². The molecule has 0 atom stereocenters. The Balaban J connectivity index is 4.52. The van der Waals surface area contributed by atoms with Crippen molar-refractivity contribution < 1.29 is 19.1 Å². The summed E-state index contributed by atoms with van der Waals surface area (Å²) >= 11 is 0. The summed E-state index contributed by atoms with van der Waals surface area (Å²) in [4.78, 5) is 36.6. The highest BCUT2D eigenvalue weighted by Gasteiger charge is 2.24. The second kappa shape index (κ2) is 7.87. The number of hydrogen-bond acceptors (Lipinski definition) is 4. The molecule has 0 radical (unpaired) electrons. The Labute approximate surface area is 120 Å². The lowest BCUT2D eigenvalue weighted by atomic mass is 9.96. The molecule has 0 aromatic heterocycles. The Morgan fingerprint density at radius 2 is 1.75 bits per heavy atom. The minimum atomic E-state index is -0.552. The first-order valence-corrected chi connectivity index (χ1v) is 6.83. The standard InChI is InChI=1S/C14H26N2O4/c1-7-20-12(18)9-16(10(2)3)11(17)8-15-13(19)14(4,5)6/h10H,7-9H2,1-6H3,(H,15,19). The topological polar surface area (TPSA) is 75.7 Å². The largest absolute Gasteiger partial charge is 0.465 e. The van der Waals surface area contributed by atoms with Gasteiger partial charge in [0.25, 0.3) is 0 Å². The summed E-state index contributed by atoms with van der Waals surface area (Å²) in [6.07, 6.45) is 0. The van der Waals surface area contributed by atoms with Crippen LogP contribution in [0.2, 0.25) is 0 Å². The Morgan fingerprint density at radius 1 is 1.20 bits per heavy atom. The Hall–Kier alpha value is -1.59. The molecule has 0 unspecified atom stereocenters. The van der Waals surface area contributed by atoms with Crippen LogP contribution in [0.5, 0.6) is 0 Å². The monoisotopic (exact) mass is 286 g/mol. The van der Waals surface area contributed by atoms with Crippen molar-refractivity contribution in [2.75, 3.05) is 19.7 Å². The zero-order valence-corrected chi connectivity index (χ0v) is 13.3. The van der Waals surface area contributed by atoms with E-state index in [-0.39, 0.29) is 37.6 Å². The van der Waals surface area contributed by atoms with Crippen LogP contribution in [0.1, 0.15) is 41.5 Å². The highest BCUT2D eigenvalue weighted by molar-refractivity contribution is 5.88. The van der Waals surface area contributed by atoms with E-state index < -0.39 is 11.4 Å². The number of amides is 2. The maximum absolute atomic E-state index is 12.1. The smallest absolute Gasteiger partial charge is 0.325 e. The average molecular weight is 286 g/mol. The van der Waals surface area contributed by atoms with Crippen LogP contribution >= 0.6 is 0 Å². The first kappa shape index (κ1) is 18.4.